The first kappa shape index (κ1) is 10.7. The van der Waals surface area contributed by atoms with Gasteiger partial charge in [0.05, 0.1) is 0 Å². The topological polar surface area (TPSA) is 29.3 Å². The van der Waals surface area contributed by atoms with Crippen LogP contribution in [-0.4, -0.2) is 30.6 Å². The van der Waals surface area contributed by atoms with Crippen molar-refractivity contribution in [2.45, 2.75) is 32.7 Å². The second kappa shape index (κ2) is 4.77. The third-order valence-corrected chi connectivity index (χ3v) is 2.78. The summed E-state index contributed by atoms with van der Waals surface area (Å²) >= 11 is 0. The van der Waals surface area contributed by atoms with Crippen LogP contribution in [0.15, 0.2) is 12.2 Å². The second-order valence-corrected chi connectivity index (χ2v) is 4.45. The van der Waals surface area contributed by atoms with Crippen LogP contribution in [0.4, 0.5) is 0 Å². The van der Waals surface area contributed by atoms with Gasteiger partial charge in [0.1, 0.15) is 0 Å². The number of nitrogens with two attached hydrogens (primary N) is 1. The summed E-state index contributed by atoms with van der Waals surface area (Å²) in [5, 5.41) is 0. The van der Waals surface area contributed by atoms with E-state index in [0.29, 0.717) is 12.0 Å². The van der Waals surface area contributed by atoms with Crippen LogP contribution in [0.3, 0.4) is 0 Å². The van der Waals surface area contributed by atoms with Crippen molar-refractivity contribution >= 4 is 0 Å². The van der Waals surface area contributed by atoms with Gasteiger partial charge in [-0.25, -0.2) is 0 Å². The van der Waals surface area contributed by atoms with E-state index in [1.807, 2.05) is 0 Å². The third kappa shape index (κ3) is 3.49. The fourth-order valence-electron chi connectivity index (χ4n) is 2.05. The van der Waals surface area contributed by atoms with Gasteiger partial charge in [0.15, 0.2) is 0 Å². The molecule has 0 radical (unpaired) electrons. The molecule has 2 unspecified atom stereocenters. The van der Waals surface area contributed by atoms with Crippen molar-refractivity contribution in [3.8, 4) is 0 Å². The van der Waals surface area contributed by atoms with E-state index in [1.54, 1.807) is 0 Å². The largest absolute Gasteiger partial charge is 0.328 e. The molecule has 2 heteroatoms. The minimum atomic E-state index is 0.341. The molecule has 0 aromatic carbocycles. The summed E-state index contributed by atoms with van der Waals surface area (Å²) in [4.78, 5) is 2.47. The molecule has 2 N–H and O–H groups in total. The molecular formula is C11H22N2. The molecule has 0 amide bonds. The van der Waals surface area contributed by atoms with Gasteiger partial charge in [0.25, 0.3) is 0 Å². The SMILES string of the molecule is C=C(C)CN1CCCC(C(C)N)C1. The molecule has 1 saturated heterocycles. The van der Waals surface area contributed by atoms with Gasteiger partial charge in [-0.05, 0) is 39.2 Å². The van der Waals surface area contributed by atoms with Crippen molar-refractivity contribution in [3.05, 3.63) is 12.2 Å². The average molecular weight is 182 g/mol. The molecule has 2 atom stereocenters. The molecule has 0 aromatic rings. The highest BCUT2D eigenvalue weighted by Crippen LogP contribution is 2.18. The Morgan fingerprint density at radius 1 is 1.69 bits per heavy atom. The van der Waals surface area contributed by atoms with Gasteiger partial charge >= 0.3 is 0 Å². The van der Waals surface area contributed by atoms with Crippen LogP contribution in [0.1, 0.15) is 26.7 Å². The Morgan fingerprint density at radius 3 is 2.92 bits per heavy atom. The van der Waals surface area contributed by atoms with E-state index >= 15 is 0 Å². The van der Waals surface area contributed by atoms with Crippen molar-refractivity contribution in [1.82, 2.24) is 4.90 Å². The number of hydrogen-bond acceptors (Lipinski definition) is 2. The number of piperidine rings is 1. The lowest BCUT2D eigenvalue weighted by Gasteiger charge is -2.34. The molecule has 1 fully saturated rings. The lowest BCUT2D eigenvalue weighted by atomic mass is 9.92. The molecule has 0 aromatic heterocycles. The number of hydrogen-bond donors (Lipinski definition) is 1. The molecule has 2 nitrogen and oxygen atoms in total. The minimum absolute atomic E-state index is 0.341. The fraction of sp³-hybridized carbons (Fsp3) is 0.818. The summed E-state index contributed by atoms with van der Waals surface area (Å²) in [6.07, 6.45) is 2.59. The standard InChI is InChI=1S/C11H22N2/c1-9(2)7-13-6-4-5-11(8-13)10(3)12/h10-11H,1,4-8,12H2,2-3H3. The lowest BCUT2D eigenvalue weighted by molar-refractivity contribution is 0.173. The Kier molecular flexibility index (Phi) is 3.94. The number of rotatable bonds is 3. The molecule has 1 aliphatic rings. The molecule has 0 spiro atoms. The Hall–Kier alpha value is -0.340. The molecular weight excluding hydrogens is 160 g/mol. The van der Waals surface area contributed by atoms with E-state index in [0.717, 1.165) is 13.1 Å². The third-order valence-electron chi connectivity index (χ3n) is 2.78. The molecule has 0 aliphatic carbocycles. The van der Waals surface area contributed by atoms with E-state index < -0.39 is 0 Å². The van der Waals surface area contributed by atoms with Crippen LogP contribution < -0.4 is 5.73 Å². The number of nitrogens with zero attached hydrogens (tertiary/aromatic N) is 1. The van der Waals surface area contributed by atoms with Crippen LogP contribution in [0.2, 0.25) is 0 Å². The molecule has 1 heterocycles. The summed E-state index contributed by atoms with van der Waals surface area (Å²) in [6.45, 7) is 11.6. The first-order valence-corrected chi connectivity index (χ1v) is 5.22. The first-order valence-electron chi connectivity index (χ1n) is 5.22. The summed E-state index contributed by atoms with van der Waals surface area (Å²) in [5.74, 6) is 0.688. The van der Waals surface area contributed by atoms with Gasteiger partial charge in [-0.3, -0.25) is 4.90 Å². The summed E-state index contributed by atoms with van der Waals surface area (Å²) in [6, 6.07) is 0.341. The van der Waals surface area contributed by atoms with E-state index in [1.165, 1.54) is 25.0 Å². The summed E-state index contributed by atoms with van der Waals surface area (Å²) in [5.41, 5.74) is 7.17. The lowest BCUT2D eigenvalue weighted by Crippen LogP contribution is -2.42. The maximum atomic E-state index is 5.91. The highest BCUT2D eigenvalue weighted by molar-refractivity contribution is 4.93. The normalized spacial score (nSPS) is 27.2. The van der Waals surface area contributed by atoms with Crippen LogP contribution in [0, 0.1) is 5.92 Å². The van der Waals surface area contributed by atoms with Crippen molar-refractivity contribution in [1.29, 1.82) is 0 Å². The monoisotopic (exact) mass is 182 g/mol. The van der Waals surface area contributed by atoms with Crippen molar-refractivity contribution in [3.63, 3.8) is 0 Å². The van der Waals surface area contributed by atoms with Gasteiger partial charge in [-0.15, -0.1) is 0 Å². The van der Waals surface area contributed by atoms with Crippen LogP contribution >= 0.6 is 0 Å². The minimum Gasteiger partial charge on any atom is -0.328 e. The predicted molar refractivity (Wildman–Crippen MR) is 57.6 cm³/mol. The summed E-state index contributed by atoms with van der Waals surface area (Å²) in [7, 11) is 0. The molecule has 1 rings (SSSR count). The van der Waals surface area contributed by atoms with Gasteiger partial charge in [0.2, 0.25) is 0 Å². The smallest absolute Gasteiger partial charge is 0.0187 e. The number of likely N-dealkylation sites (tertiary alicyclic amines) is 1. The fourth-order valence-corrected chi connectivity index (χ4v) is 2.05. The van der Waals surface area contributed by atoms with Crippen molar-refractivity contribution in [2.24, 2.45) is 11.7 Å². The zero-order chi connectivity index (χ0) is 9.84. The molecule has 13 heavy (non-hydrogen) atoms. The van der Waals surface area contributed by atoms with Gasteiger partial charge in [0, 0.05) is 19.1 Å². The van der Waals surface area contributed by atoms with Crippen LogP contribution in [0.25, 0.3) is 0 Å². The van der Waals surface area contributed by atoms with E-state index in [2.05, 4.69) is 25.3 Å². The zero-order valence-corrected chi connectivity index (χ0v) is 8.92. The van der Waals surface area contributed by atoms with Gasteiger partial charge < -0.3 is 5.73 Å². The Labute approximate surface area is 81.8 Å². The maximum Gasteiger partial charge on any atom is 0.0187 e. The first-order chi connectivity index (χ1) is 6.09. The summed E-state index contributed by atoms with van der Waals surface area (Å²) < 4.78 is 0. The molecule has 1 aliphatic heterocycles. The Balaban J connectivity index is 2.37. The van der Waals surface area contributed by atoms with E-state index in [9.17, 15) is 0 Å². The Morgan fingerprint density at radius 2 is 2.38 bits per heavy atom. The molecule has 76 valence electrons. The average Bonchev–Trinajstić information content (AvgIpc) is 2.03. The van der Waals surface area contributed by atoms with Gasteiger partial charge in [-0.2, -0.15) is 0 Å². The van der Waals surface area contributed by atoms with Gasteiger partial charge in [-0.1, -0.05) is 12.2 Å². The predicted octanol–water partition coefficient (Wildman–Crippen LogP) is 1.62. The molecule has 0 saturated carbocycles. The highest BCUT2D eigenvalue weighted by Gasteiger charge is 2.21. The van der Waals surface area contributed by atoms with E-state index in [-0.39, 0.29) is 0 Å². The Bertz CT molecular complexity index is 175. The molecule has 0 bridgehead atoms. The van der Waals surface area contributed by atoms with Crippen LogP contribution in [-0.2, 0) is 0 Å². The highest BCUT2D eigenvalue weighted by atomic mass is 15.1. The second-order valence-electron chi connectivity index (χ2n) is 4.45. The van der Waals surface area contributed by atoms with Crippen molar-refractivity contribution < 1.29 is 0 Å². The quantitative estimate of drug-likeness (QED) is 0.672. The van der Waals surface area contributed by atoms with E-state index in [4.69, 9.17) is 5.73 Å². The van der Waals surface area contributed by atoms with Crippen LogP contribution in [0.5, 0.6) is 0 Å². The zero-order valence-electron chi connectivity index (χ0n) is 8.92. The van der Waals surface area contributed by atoms with Crippen molar-refractivity contribution in [2.75, 3.05) is 19.6 Å². The maximum absolute atomic E-state index is 5.91.